The van der Waals surface area contributed by atoms with Crippen molar-refractivity contribution in [1.82, 2.24) is 4.98 Å². The number of nitrogens with zero attached hydrogens (tertiary/aromatic N) is 2. The van der Waals surface area contributed by atoms with E-state index in [0.717, 1.165) is 20.9 Å². The van der Waals surface area contributed by atoms with Gasteiger partial charge in [-0.1, -0.05) is 15.9 Å². The summed E-state index contributed by atoms with van der Waals surface area (Å²) in [5, 5.41) is 20.0. The lowest BCUT2D eigenvalue weighted by Crippen LogP contribution is -1.90. The summed E-state index contributed by atoms with van der Waals surface area (Å²) in [4.78, 5) is 3.17. The summed E-state index contributed by atoms with van der Waals surface area (Å²) in [5.41, 5.74) is 3.07. The molecule has 0 fully saturated rings. The number of hydrogen-bond donors (Lipinski definition) is 1. The Balaban J connectivity index is 1.82. The van der Waals surface area contributed by atoms with Gasteiger partial charge in [0.05, 0.1) is 23.3 Å². The van der Waals surface area contributed by atoms with Gasteiger partial charge < -0.3 is 9.72 Å². The summed E-state index contributed by atoms with van der Waals surface area (Å²) in [6, 6.07) is 20.7. The maximum absolute atomic E-state index is 13.2. The standard InChI is InChI=1S/C24H13BrFN3O/c25-18-2-7-23-21(11-18)22(14-29-23)17(13-28)10-16-9-15(12-27)1-8-24(16)30-20-5-3-19(26)4-6-20/h1-11,14,29H/b17-10+. The number of aromatic amines is 1. The van der Waals surface area contributed by atoms with Gasteiger partial charge in [0.25, 0.3) is 0 Å². The Morgan fingerprint density at radius 3 is 2.57 bits per heavy atom. The van der Waals surface area contributed by atoms with Crippen molar-refractivity contribution >= 4 is 38.5 Å². The minimum absolute atomic E-state index is 0.362. The van der Waals surface area contributed by atoms with E-state index in [-0.39, 0.29) is 5.82 Å². The second-order valence-corrected chi connectivity index (χ2v) is 7.40. The number of halogens is 2. The van der Waals surface area contributed by atoms with Crippen LogP contribution in [0.4, 0.5) is 4.39 Å². The van der Waals surface area contributed by atoms with Crippen molar-refractivity contribution in [1.29, 1.82) is 10.5 Å². The van der Waals surface area contributed by atoms with Crippen molar-refractivity contribution in [3.8, 4) is 23.6 Å². The smallest absolute Gasteiger partial charge is 0.134 e. The van der Waals surface area contributed by atoms with Crippen LogP contribution in [0, 0.1) is 28.5 Å². The number of nitriles is 2. The zero-order chi connectivity index (χ0) is 21.1. The van der Waals surface area contributed by atoms with Gasteiger partial charge in [-0.05, 0) is 66.7 Å². The lowest BCUT2D eigenvalue weighted by molar-refractivity contribution is 0.479. The lowest BCUT2D eigenvalue weighted by atomic mass is 10.0. The number of hydrogen-bond acceptors (Lipinski definition) is 3. The fourth-order valence-corrected chi connectivity index (χ4v) is 3.46. The van der Waals surface area contributed by atoms with Crippen LogP contribution < -0.4 is 4.74 Å². The van der Waals surface area contributed by atoms with Gasteiger partial charge in [0.2, 0.25) is 0 Å². The first-order valence-corrected chi connectivity index (χ1v) is 9.73. The lowest BCUT2D eigenvalue weighted by Gasteiger charge is -2.10. The Morgan fingerprint density at radius 1 is 1.03 bits per heavy atom. The Kier molecular flexibility index (Phi) is 5.34. The molecule has 4 nitrogen and oxygen atoms in total. The van der Waals surface area contributed by atoms with Gasteiger partial charge in [-0.25, -0.2) is 4.39 Å². The zero-order valence-electron chi connectivity index (χ0n) is 15.5. The number of ether oxygens (including phenoxy) is 1. The molecule has 1 aromatic heterocycles. The van der Waals surface area contributed by atoms with Gasteiger partial charge >= 0.3 is 0 Å². The highest BCUT2D eigenvalue weighted by Gasteiger charge is 2.12. The molecule has 0 amide bonds. The average molecular weight is 458 g/mol. The number of nitrogens with one attached hydrogen (secondary N) is 1. The molecule has 0 saturated heterocycles. The van der Waals surface area contributed by atoms with E-state index in [1.54, 1.807) is 30.5 Å². The number of rotatable bonds is 4. The third kappa shape index (κ3) is 3.96. The van der Waals surface area contributed by atoms with Crippen molar-refractivity contribution in [2.75, 3.05) is 0 Å². The minimum Gasteiger partial charge on any atom is -0.457 e. The average Bonchev–Trinajstić information content (AvgIpc) is 3.17. The molecular formula is C24H13BrFN3O. The number of H-pyrrole nitrogens is 1. The van der Waals surface area contributed by atoms with E-state index in [9.17, 15) is 14.9 Å². The highest BCUT2D eigenvalue weighted by molar-refractivity contribution is 9.10. The Hall–Kier alpha value is -3.87. The van der Waals surface area contributed by atoms with Crippen LogP contribution in [0.25, 0.3) is 22.6 Å². The molecule has 0 radical (unpaired) electrons. The third-order valence-electron chi connectivity index (χ3n) is 4.53. The fraction of sp³-hybridized carbons (Fsp3) is 0. The third-order valence-corrected chi connectivity index (χ3v) is 5.03. The second kappa shape index (κ2) is 8.24. The van der Waals surface area contributed by atoms with Crippen LogP contribution in [0.2, 0.25) is 0 Å². The molecule has 30 heavy (non-hydrogen) atoms. The molecule has 0 atom stereocenters. The van der Waals surface area contributed by atoms with Gasteiger partial charge in [-0.15, -0.1) is 0 Å². The molecule has 4 rings (SSSR count). The maximum atomic E-state index is 13.2. The Morgan fingerprint density at radius 2 is 1.83 bits per heavy atom. The predicted octanol–water partition coefficient (Wildman–Crippen LogP) is 6.80. The van der Waals surface area contributed by atoms with Crippen LogP contribution in [0.1, 0.15) is 16.7 Å². The number of allylic oxidation sites excluding steroid dienone is 1. The summed E-state index contributed by atoms with van der Waals surface area (Å²) in [5.74, 6) is 0.541. The molecule has 0 saturated carbocycles. The monoisotopic (exact) mass is 457 g/mol. The molecule has 0 aliphatic rings. The van der Waals surface area contributed by atoms with E-state index >= 15 is 0 Å². The van der Waals surface area contributed by atoms with Gasteiger partial charge in [0.1, 0.15) is 17.3 Å². The van der Waals surface area contributed by atoms with Gasteiger partial charge in [0, 0.05) is 32.7 Å². The molecule has 0 spiro atoms. The molecule has 0 aliphatic carbocycles. The van der Waals surface area contributed by atoms with Crippen LogP contribution in [0.5, 0.6) is 11.5 Å². The quantitative estimate of drug-likeness (QED) is 0.342. The van der Waals surface area contributed by atoms with E-state index in [4.69, 9.17) is 4.74 Å². The summed E-state index contributed by atoms with van der Waals surface area (Å²) >= 11 is 3.46. The molecule has 1 heterocycles. The molecule has 0 unspecified atom stereocenters. The van der Waals surface area contributed by atoms with Crippen molar-refractivity contribution in [3.63, 3.8) is 0 Å². The first kappa shape index (κ1) is 19.4. The molecule has 4 aromatic rings. The van der Waals surface area contributed by atoms with E-state index in [1.165, 1.54) is 24.3 Å². The van der Waals surface area contributed by atoms with E-state index < -0.39 is 0 Å². The van der Waals surface area contributed by atoms with Crippen molar-refractivity contribution in [2.45, 2.75) is 0 Å². The normalized spacial score (nSPS) is 11.1. The SMILES string of the molecule is N#C/C(=C\c1cc(C#N)ccc1Oc1ccc(F)cc1)c1c[nH]c2ccc(Br)cc12. The summed E-state index contributed by atoms with van der Waals surface area (Å²) in [6.07, 6.45) is 3.46. The molecule has 3 aromatic carbocycles. The highest BCUT2D eigenvalue weighted by Crippen LogP contribution is 2.32. The van der Waals surface area contributed by atoms with Crippen LogP contribution in [0.3, 0.4) is 0 Å². The zero-order valence-corrected chi connectivity index (χ0v) is 17.1. The maximum Gasteiger partial charge on any atom is 0.134 e. The largest absolute Gasteiger partial charge is 0.457 e. The van der Waals surface area contributed by atoms with Crippen molar-refractivity contribution in [2.24, 2.45) is 0 Å². The summed E-state index contributed by atoms with van der Waals surface area (Å²) < 4.78 is 20.0. The molecule has 0 bridgehead atoms. The van der Waals surface area contributed by atoms with Crippen LogP contribution in [0.15, 0.2) is 71.3 Å². The second-order valence-electron chi connectivity index (χ2n) is 6.48. The van der Waals surface area contributed by atoms with Gasteiger partial charge in [0.15, 0.2) is 0 Å². The topological polar surface area (TPSA) is 72.6 Å². The van der Waals surface area contributed by atoms with Crippen LogP contribution in [-0.4, -0.2) is 4.98 Å². The predicted molar refractivity (Wildman–Crippen MR) is 117 cm³/mol. The molecule has 6 heteroatoms. The van der Waals surface area contributed by atoms with E-state index in [2.05, 4.69) is 33.1 Å². The highest BCUT2D eigenvalue weighted by atomic mass is 79.9. The number of benzene rings is 3. The van der Waals surface area contributed by atoms with Crippen LogP contribution >= 0.6 is 15.9 Å². The first-order chi connectivity index (χ1) is 14.6. The fourth-order valence-electron chi connectivity index (χ4n) is 3.09. The first-order valence-electron chi connectivity index (χ1n) is 8.94. The van der Waals surface area contributed by atoms with Gasteiger partial charge in [-0.2, -0.15) is 10.5 Å². The molecule has 144 valence electrons. The Labute approximate surface area is 180 Å². The summed E-state index contributed by atoms with van der Waals surface area (Å²) in [6.45, 7) is 0. The molecular weight excluding hydrogens is 445 g/mol. The van der Waals surface area contributed by atoms with E-state index in [0.29, 0.717) is 28.2 Å². The molecule has 1 N–H and O–H groups in total. The number of fused-ring (bicyclic) bond motifs is 1. The van der Waals surface area contributed by atoms with Crippen LogP contribution in [-0.2, 0) is 0 Å². The van der Waals surface area contributed by atoms with E-state index in [1.807, 2.05) is 18.2 Å². The molecule has 0 aliphatic heterocycles. The summed E-state index contributed by atoms with van der Waals surface area (Å²) in [7, 11) is 0. The van der Waals surface area contributed by atoms with Crippen molar-refractivity contribution in [3.05, 3.63) is 93.8 Å². The Bertz CT molecular complexity index is 1360. The number of aromatic nitrogens is 1. The van der Waals surface area contributed by atoms with Crippen molar-refractivity contribution < 1.29 is 9.13 Å². The minimum atomic E-state index is -0.362. The van der Waals surface area contributed by atoms with Gasteiger partial charge in [-0.3, -0.25) is 0 Å².